The summed E-state index contributed by atoms with van der Waals surface area (Å²) in [7, 11) is 1.62. The molecule has 1 aliphatic heterocycles. The molecule has 3 rings (SSSR count). The Hall–Kier alpha value is -2.49. The van der Waals surface area contributed by atoms with Crippen molar-refractivity contribution in [1.82, 2.24) is 0 Å². The fourth-order valence-corrected chi connectivity index (χ4v) is 3.01. The van der Waals surface area contributed by atoms with E-state index < -0.39 is 6.10 Å². The van der Waals surface area contributed by atoms with Gasteiger partial charge in [0.15, 0.2) is 6.10 Å². The minimum atomic E-state index is -0.544. The third-order valence-electron chi connectivity index (χ3n) is 4.16. The second kappa shape index (κ2) is 6.32. The predicted molar refractivity (Wildman–Crippen MR) is 90.2 cm³/mol. The summed E-state index contributed by atoms with van der Waals surface area (Å²) < 4.78 is 10.9. The largest absolute Gasteiger partial charge is 0.497 e. The Morgan fingerprint density at radius 2 is 1.78 bits per heavy atom. The number of nitrogens with zero attached hydrogens (tertiary/aromatic N) is 1. The first kappa shape index (κ1) is 15.4. The van der Waals surface area contributed by atoms with E-state index in [9.17, 15) is 4.79 Å². The van der Waals surface area contributed by atoms with Crippen LogP contribution in [0, 0.1) is 0 Å². The van der Waals surface area contributed by atoms with Crippen molar-refractivity contribution in [2.75, 3.05) is 12.0 Å². The smallest absolute Gasteiger partial charge is 0.268 e. The van der Waals surface area contributed by atoms with Crippen LogP contribution in [0.3, 0.4) is 0 Å². The number of para-hydroxylation sites is 1. The molecule has 0 radical (unpaired) electrons. The highest BCUT2D eigenvalue weighted by molar-refractivity contribution is 5.99. The highest BCUT2D eigenvalue weighted by Gasteiger charge is 2.33. The van der Waals surface area contributed by atoms with Gasteiger partial charge in [-0.2, -0.15) is 0 Å². The fourth-order valence-electron chi connectivity index (χ4n) is 3.01. The van der Waals surface area contributed by atoms with E-state index in [2.05, 4.69) is 13.0 Å². The second-order valence-electron chi connectivity index (χ2n) is 5.83. The molecule has 0 fully saturated rings. The van der Waals surface area contributed by atoms with Crippen LogP contribution in [0.25, 0.3) is 0 Å². The van der Waals surface area contributed by atoms with Crippen molar-refractivity contribution in [3.8, 4) is 11.5 Å². The number of carbonyl (C=O) groups excluding carboxylic acids is 1. The van der Waals surface area contributed by atoms with Crippen LogP contribution in [-0.4, -0.2) is 25.2 Å². The molecular formula is C19H21NO3. The number of hydrogen-bond acceptors (Lipinski definition) is 3. The van der Waals surface area contributed by atoms with Crippen LogP contribution in [-0.2, 0) is 11.2 Å². The molecule has 0 aliphatic carbocycles. The van der Waals surface area contributed by atoms with Gasteiger partial charge in [-0.3, -0.25) is 4.79 Å². The van der Waals surface area contributed by atoms with Crippen LogP contribution in [0.15, 0.2) is 48.5 Å². The van der Waals surface area contributed by atoms with Crippen molar-refractivity contribution in [1.29, 1.82) is 0 Å². The molecule has 2 aromatic rings. The monoisotopic (exact) mass is 311 g/mol. The molecule has 0 aromatic heterocycles. The molecule has 1 aliphatic rings. The quantitative estimate of drug-likeness (QED) is 0.868. The molecule has 2 aromatic carbocycles. The highest BCUT2D eigenvalue weighted by Crippen LogP contribution is 2.32. The summed E-state index contributed by atoms with van der Waals surface area (Å²) >= 11 is 0. The Morgan fingerprint density at radius 3 is 2.48 bits per heavy atom. The van der Waals surface area contributed by atoms with E-state index in [1.807, 2.05) is 47.4 Å². The minimum Gasteiger partial charge on any atom is -0.497 e. The Balaban J connectivity index is 1.74. The molecule has 0 saturated heterocycles. The van der Waals surface area contributed by atoms with Crippen molar-refractivity contribution in [2.24, 2.45) is 0 Å². The summed E-state index contributed by atoms with van der Waals surface area (Å²) in [5.74, 6) is 1.41. The van der Waals surface area contributed by atoms with Gasteiger partial charge in [0, 0.05) is 11.7 Å². The van der Waals surface area contributed by atoms with E-state index in [1.165, 1.54) is 5.56 Å². The third-order valence-corrected chi connectivity index (χ3v) is 4.16. The number of ether oxygens (including phenoxy) is 2. The van der Waals surface area contributed by atoms with Crippen LogP contribution in [0.2, 0.25) is 0 Å². The Bertz CT molecular complexity index is 696. The molecule has 4 nitrogen and oxygen atoms in total. The molecule has 23 heavy (non-hydrogen) atoms. The maximum absolute atomic E-state index is 12.8. The first-order valence-electron chi connectivity index (χ1n) is 7.82. The lowest BCUT2D eigenvalue weighted by Crippen LogP contribution is -2.43. The number of benzene rings is 2. The van der Waals surface area contributed by atoms with Gasteiger partial charge in [0.25, 0.3) is 5.91 Å². The maximum Gasteiger partial charge on any atom is 0.268 e. The zero-order valence-corrected chi connectivity index (χ0v) is 13.7. The van der Waals surface area contributed by atoms with Crippen molar-refractivity contribution in [2.45, 2.75) is 32.4 Å². The molecule has 1 amide bonds. The summed E-state index contributed by atoms with van der Waals surface area (Å²) in [6.07, 6.45) is 0.342. The molecule has 120 valence electrons. The van der Waals surface area contributed by atoms with Crippen LogP contribution in [0.4, 0.5) is 5.69 Å². The summed E-state index contributed by atoms with van der Waals surface area (Å²) in [5.41, 5.74) is 2.21. The minimum absolute atomic E-state index is 0.0155. The summed E-state index contributed by atoms with van der Waals surface area (Å²) in [5, 5.41) is 0. The topological polar surface area (TPSA) is 38.8 Å². The van der Waals surface area contributed by atoms with E-state index in [0.717, 1.165) is 17.9 Å². The first-order chi connectivity index (χ1) is 11.1. The first-order valence-corrected chi connectivity index (χ1v) is 7.82. The van der Waals surface area contributed by atoms with Gasteiger partial charge in [-0.05, 0) is 56.2 Å². The number of rotatable bonds is 4. The molecular weight excluding hydrogens is 290 g/mol. The maximum atomic E-state index is 12.8. The molecule has 2 unspecified atom stereocenters. The number of fused-ring (bicyclic) bond motifs is 1. The fraction of sp³-hybridized carbons (Fsp3) is 0.316. The summed E-state index contributed by atoms with van der Waals surface area (Å²) in [4.78, 5) is 14.7. The van der Waals surface area contributed by atoms with Gasteiger partial charge in [0.1, 0.15) is 11.5 Å². The van der Waals surface area contributed by atoms with Gasteiger partial charge in [0.05, 0.1) is 7.11 Å². The van der Waals surface area contributed by atoms with E-state index in [4.69, 9.17) is 9.47 Å². The Labute approximate surface area is 136 Å². The number of carbonyl (C=O) groups is 1. The molecule has 1 heterocycles. The van der Waals surface area contributed by atoms with Crippen LogP contribution >= 0.6 is 0 Å². The van der Waals surface area contributed by atoms with E-state index in [1.54, 1.807) is 14.0 Å². The van der Waals surface area contributed by atoms with E-state index >= 15 is 0 Å². The number of methoxy groups -OCH3 is 1. The molecule has 4 heteroatoms. The van der Waals surface area contributed by atoms with Crippen molar-refractivity contribution < 1.29 is 14.3 Å². The van der Waals surface area contributed by atoms with Crippen LogP contribution < -0.4 is 14.4 Å². The van der Waals surface area contributed by atoms with E-state index in [0.29, 0.717) is 5.75 Å². The molecule has 0 saturated carbocycles. The number of hydrogen-bond donors (Lipinski definition) is 0. The lowest BCUT2D eigenvalue weighted by atomic mass is 10.1. The molecule has 2 atom stereocenters. The van der Waals surface area contributed by atoms with Gasteiger partial charge >= 0.3 is 0 Å². The van der Waals surface area contributed by atoms with E-state index in [-0.39, 0.29) is 11.9 Å². The zero-order chi connectivity index (χ0) is 16.4. The van der Waals surface area contributed by atoms with Gasteiger partial charge < -0.3 is 14.4 Å². The second-order valence-corrected chi connectivity index (χ2v) is 5.83. The van der Waals surface area contributed by atoms with Gasteiger partial charge in [-0.1, -0.05) is 18.2 Å². The lowest BCUT2D eigenvalue weighted by molar-refractivity contribution is -0.124. The number of anilines is 1. The average Bonchev–Trinajstić information content (AvgIpc) is 2.90. The van der Waals surface area contributed by atoms with Crippen molar-refractivity contribution >= 4 is 11.6 Å². The summed E-state index contributed by atoms with van der Waals surface area (Å²) in [6, 6.07) is 15.5. The average molecular weight is 311 g/mol. The predicted octanol–water partition coefficient (Wildman–Crippen LogP) is 3.44. The Kier molecular flexibility index (Phi) is 4.24. The van der Waals surface area contributed by atoms with Crippen LogP contribution in [0.5, 0.6) is 11.5 Å². The summed E-state index contributed by atoms with van der Waals surface area (Å²) in [6.45, 7) is 3.86. The van der Waals surface area contributed by atoms with Crippen molar-refractivity contribution in [3.05, 3.63) is 54.1 Å². The SMILES string of the molecule is COc1ccc(OC(C)C(=O)N2c3ccccc3CC2C)cc1. The van der Waals surface area contributed by atoms with Gasteiger partial charge in [0.2, 0.25) is 0 Å². The van der Waals surface area contributed by atoms with Gasteiger partial charge in [-0.25, -0.2) is 0 Å². The molecule has 0 spiro atoms. The molecule has 0 N–H and O–H groups in total. The zero-order valence-electron chi connectivity index (χ0n) is 13.7. The van der Waals surface area contributed by atoms with Crippen molar-refractivity contribution in [3.63, 3.8) is 0 Å². The lowest BCUT2D eigenvalue weighted by Gasteiger charge is -2.26. The number of amides is 1. The highest BCUT2D eigenvalue weighted by atomic mass is 16.5. The molecule has 0 bridgehead atoms. The van der Waals surface area contributed by atoms with Gasteiger partial charge in [-0.15, -0.1) is 0 Å². The standard InChI is InChI=1S/C19H21NO3/c1-13-12-15-6-4-5-7-18(15)20(13)19(21)14(2)23-17-10-8-16(22-3)9-11-17/h4-11,13-14H,12H2,1-3H3. The third kappa shape index (κ3) is 3.02. The normalized spacial score (nSPS) is 17.5. The Morgan fingerprint density at radius 1 is 1.13 bits per heavy atom. The van der Waals surface area contributed by atoms with Crippen LogP contribution in [0.1, 0.15) is 19.4 Å².